The Balaban J connectivity index is 1.33. The first-order valence-electron chi connectivity index (χ1n) is 14.7. The summed E-state index contributed by atoms with van der Waals surface area (Å²) in [6, 6.07) is 9.53. The number of aliphatic hydroxyl groups is 1. The number of amides is 4. The quantitative estimate of drug-likeness (QED) is 0.445. The molecule has 0 bridgehead atoms. The van der Waals surface area contributed by atoms with Gasteiger partial charge in [-0.2, -0.15) is 0 Å². The molecular weight excluding hydrogens is 540 g/mol. The summed E-state index contributed by atoms with van der Waals surface area (Å²) in [6.45, 7) is 4.26. The molecule has 0 radical (unpaired) electrons. The predicted octanol–water partition coefficient (Wildman–Crippen LogP) is 4.32. The zero-order valence-electron chi connectivity index (χ0n) is 24.4. The molecule has 5 rings (SSSR count). The summed E-state index contributed by atoms with van der Waals surface area (Å²) < 4.78 is 17.1. The minimum absolute atomic E-state index is 0.0248. The normalized spacial score (nSPS) is 21.0. The molecular formula is C31H40N4O7. The number of carbonyl (C=O) groups is 3. The van der Waals surface area contributed by atoms with Crippen molar-refractivity contribution >= 4 is 29.2 Å². The zero-order valence-corrected chi connectivity index (χ0v) is 24.4. The lowest BCUT2D eigenvalue weighted by Crippen LogP contribution is -2.50. The maximum atomic E-state index is 13.7. The van der Waals surface area contributed by atoms with E-state index in [1.165, 1.54) is 4.90 Å². The Morgan fingerprint density at radius 3 is 2.45 bits per heavy atom. The van der Waals surface area contributed by atoms with Crippen LogP contribution in [0, 0.1) is 11.8 Å². The van der Waals surface area contributed by atoms with E-state index in [1.807, 2.05) is 6.92 Å². The van der Waals surface area contributed by atoms with Crippen molar-refractivity contribution in [3.8, 4) is 17.2 Å². The Morgan fingerprint density at radius 1 is 1.02 bits per heavy atom. The van der Waals surface area contributed by atoms with Crippen molar-refractivity contribution < 1.29 is 33.7 Å². The maximum absolute atomic E-state index is 13.7. The molecule has 0 aromatic heterocycles. The fraction of sp³-hybridized carbons (Fsp3) is 0.516. The minimum atomic E-state index is -0.458. The van der Waals surface area contributed by atoms with Crippen LogP contribution in [-0.2, 0) is 4.79 Å². The van der Waals surface area contributed by atoms with Crippen LogP contribution in [0.4, 0.5) is 16.2 Å². The number of likely N-dealkylation sites (N-methyl/N-ethyl adjacent to an activating group) is 1. The van der Waals surface area contributed by atoms with Crippen LogP contribution in [0.3, 0.4) is 0 Å². The molecule has 2 aromatic carbocycles. The minimum Gasteiger partial charge on any atom is -0.487 e. The number of carbonyl (C=O) groups excluding carboxylic acids is 3. The van der Waals surface area contributed by atoms with Crippen molar-refractivity contribution in [2.75, 3.05) is 44.2 Å². The summed E-state index contributed by atoms with van der Waals surface area (Å²) in [6.07, 6.45) is 4.53. The molecule has 0 saturated heterocycles. The molecule has 3 atom stereocenters. The van der Waals surface area contributed by atoms with Gasteiger partial charge < -0.3 is 39.8 Å². The fourth-order valence-electron chi connectivity index (χ4n) is 5.67. The van der Waals surface area contributed by atoms with Crippen LogP contribution in [0.1, 0.15) is 56.3 Å². The first kappa shape index (κ1) is 29.5. The fourth-order valence-corrected chi connectivity index (χ4v) is 5.67. The van der Waals surface area contributed by atoms with Gasteiger partial charge >= 0.3 is 6.03 Å². The average molecular weight is 581 g/mol. The molecule has 1 saturated carbocycles. The molecule has 226 valence electrons. The Hall–Kier alpha value is -3.99. The molecule has 2 aromatic rings. The third-order valence-corrected chi connectivity index (χ3v) is 8.33. The van der Waals surface area contributed by atoms with Gasteiger partial charge in [0.15, 0.2) is 11.5 Å². The summed E-state index contributed by atoms with van der Waals surface area (Å²) in [5.74, 6) is 1.07. The van der Waals surface area contributed by atoms with Gasteiger partial charge in [0.25, 0.3) is 5.91 Å². The highest BCUT2D eigenvalue weighted by Gasteiger charge is 2.34. The summed E-state index contributed by atoms with van der Waals surface area (Å²) in [4.78, 5) is 42.9. The van der Waals surface area contributed by atoms with Crippen LogP contribution in [0.2, 0.25) is 0 Å². The van der Waals surface area contributed by atoms with Crippen molar-refractivity contribution in [3.63, 3.8) is 0 Å². The Kier molecular flexibility index (Phi) is 9.06. The van der Waals surface area contributed by atoms with E-state index < -0.39 is 12.1 Å². The van der Waals surface area contributed by atoms with E-state index in [4.69, 9.17) is 14.2 Å². The van der Waals surface area contributed by atoms with Crippen LogP contribution in [0.25, 0.3) is 0 Å². The third-order valence-electron chi connectivity index (χ3n) is 8.33. The highest BCUT2D eigenvalue weighted by Crippen LogP contribution is 2.35. The predicted molar refractivity (Wildman–Crippen MR) is 157 cm³/mol. The molecule has 42 heavy (non-hydrogen) atoms. The second-order valence-corrected chi connectivity index (χ2v) is 11.5. The molecule has 11 nitrogen and oxygen atoms in total. The van der Waals surface area contributed by atoms with Crippen LogP contribution in [-0.4, -0.2) is 78.4 Å². The smallest absolute Gasteiger partial charge is 0.321 e. The van der Waals surface area contributed by atoms with E-state index in [0.29, 0.717) is 40.7 Å². The molecule has 2 aliphatic heterocycles. The number of aliphatic hydroxyl groups excluding tert-OH is 1. The topological polar surface area (TPSA) is 130 Å². The number of hydrogen-bond acceptors (Lipinski definition) is 7. The number of nitrogens with zero attached hydrogens (tertiary/aromatic N) is 2. The molecule has 1 fully saturated rings. The molecule has 3 aliphatic rings. The van der Waals surface area contributed by atoms with Crippen molar-refractivity contribution in [1.29, 1.82) is 0 Å². The number of rotatable bonds is 7. The highest BCUT2D eigenvalue weighted by atomic mass is 16.7. The first-order valence-corrected chi connectivity index (χ1v) is 14.7. The van der Waals surface area contributed by atoms with Gasteiger partial charge in [0.2, 0.25) is 12.7 Å². The summed E-state index contributed by atoms with van der Waals surface area (Å²) in [7, 11) is 1.68. The van der Waals surface area contributed by atoms with E-state index in [-0.39, 0.29) is 49.6 Å². The second-order valence-electron chi connectivity index (χ2n) is 11.5. The number of benzene rings is 2. The molecule has 1 aliphatic carbocycles. The number of ether oxygens (including phenoxy) is 3. The van der Waals surface area contributed by atoms with Gasteiger partial charge in [-0.1, -0.05) is 26.2 Å². The third kappa shape index (κ3) is 6.56. The van der Waals surface area contributed by atoms with Gasteiger partial charge in [-0.25, -0.2) is 4.79 Å². The molecule has 11 heteroatoms. The van der Waals surface area contributed by atoms with Crippen molar-refractivity contribution in [2.24, 2.45) is 11.8 Å². The first-order chi connectivity index (χ1) is 20.2. The van der Waals surface area contributed by atoms with Crippen LogP contribution in [0.5, 0.6) is 17.2 Å². The van der Waals surface area contributed by atoms with Crippen molar-refractivity contribution in [3.05, 3.63) is 42.0 Å². The summed E-state index contributed by atoms with van der Waals surface area (Å²) in [5.41, 5.74) is 1.41. The van der Waals surface area contributed by atoms with Gasteiger partial charge in [-0.05, 0) is 50.1 Å². The monoisotopic (exact) mass is 580 g/mol. The van der Waals surface area contributed by atoms with Crippen molar-refractivity contribution in [2.45, 2.75) is 58.1 Å². The van der Waals surface area contributed by atoms with E-state index in [2.05, 4.69) is 10.6 Å². The largest absolute Gasteiger partial charge is 0.487 e. The van der Waals surface area contributed by atoms with E-state index >= 15 is 0 Å². The second kappa shape index (κ2) is 12.9. The number of fused-ring (bicyclic) bond motifs is 2. The molecule has 0 spiro atoms. The lowest BCUT2D eigenvalue weighted by molar-refractivity contribution is -0.120. The standard InChI is InChI=1S/C31H40N4O7/c1-19-15-35(20(2)17-36)30(38)24-13-22(32-29(37)21-7-5-4-6-8-21)9-11-25(24)42-28(19)16-34(3)31(39)33-23-10-12-26-27(14-23)41-18-40-26/h9-14,19-21,28,36H,4-8,15-18H2,1-3H3,(H,32,37)(H,33,39)/t19-,20+,28-/m1/s1. The highest BCUT2D eigenvalue weighted by molar-refractivity contribution is 6.00. The maximum Gasteiger partial charge on any atom is 0.321 e. The zero-order chi connectivity index (χ0) is 29.8. The molecule has 0 unspecified atom stereocenters. The van der Waals surface area contributed by atoms with Gasteiger partial charge in [-0.3, -0.25) is 9.59 Å². The SMILES string of the molecule is C[C@@H]1CN([C@@H](C)CO)C(=O)c2cc(NC(=O)C3CCCCC3)ccc2O[C@@H]1CN(C)C(=O)Nc1ccc2c(c1)OCO2. The number of urea groups is 1. The lowest BCUT2D eigenvalue weighted by Gasteiger charge is -2.38. The molecule has 2 heterocycles. The van der Waals surface area contributed by atoms with Crippen LogP contribution >= 0.6 is 0 Å². The van der Waals surface area contributed by atoms with Crippen LogP contribution in [0.15, 0.2) is 36.4 Å². The van der Waals surface area contributed by atoms with Gasteiger partial charge in [0.05, 0.1) is 24.8 Å². The molecule has 4 amide bonds. The number of nitrogens with one attached hydrogen (secondary N) is 2. The summed E-state index contributed by atoms with van der Waals surface area (Å²) in [5, 5.41) is 15.8. The van der Waals surface area contributed by atoms with E-state index in [1.54, 1.807) is 55.3 Å². The van der Waals surface area contributed by atoms with E-state index in [9.17, 15) is 19.5 Å². The summed E-state index contributed by atoms with van der Waals surface area (Å²) >= 11 is 0. The van der Waals surface area contributed by atoms with Gasteiger partial charge in [0.1, 0.15) is 11.9 Å². The molecule has 3 N–H and O–H groups in total. The Labute approximate surface area is 246 Å². The average Bonchev–Trinajstić information content (AvgIpc) is 3.47. The van der Waals surface area contributed by atoms with Gasteiger partial charge in [0, 0.05) is 42.9 Å². The Morgan fingerprint density at radius 2 is 1.71 bits per heavy atom. The Bertz CT molecular complexity index is 1310. The van der Waals surface area contributed by atoms with Gasteiger partial charge in [-0.15, -0.1) is 0 Å². The van der Waals surface area contributed by atoms with Crippen LogP contribution < -0.4 is 24.8 Å². The lowest BCUT2D eigenvalue weighted by atomic mass is 9.88. The van der Waals surface area contributed by atoms with Crippen molar-refractivity contribution in [1.82, 2.24) is 9.80 Å². The number of anilines is 2. The number of hydrogen-bond donors (Lipinski definition) is 3. The van der Waals surface area contributed by atoms with E-state index in [0.717, 1.165) is 32.1 Å².